The summed E-state index contributed by atoms with van der Waals surface area (Å²) in [7, 11) is -3.50. The van der Waals surface area contributed by atoms with E-state index in [2.05, 4.69) is 9.71 Å². The molecule has 0 unspecified atom stereocenters. The maximum absolute atomic E-state index is 12.0. The van der Waals surface area contributed by atoms with Crippen molar-refractivity contribution in [1.29, 1.82) is 0 Å². The Balaban J connectivity index is 2.10. The Labute approximate surface area is 115 Å². The van der Waals surface area contributed by atoms with Gasteiger partial charge in [-0.05, 0) is 31.2 Å². The van der Waals surface area contributed by atoms with Crippen molar-refractivity contribution in [3.8, 4) is 0 Å². The van der Waals surface area contributed by atoms with E-state index in [1.807, 2.05) is 6.92 Å². The van der Waals surface area contributed by atoms with Gasteiger partial charge in [0.25, 0.3) is 0 Å². The standard InChI is InChI=1S/C11H11ClN2O2S2/c1-8-13-6-10(17-8)7-14-18(15,16)11-4-2-9(12)3-5-11/h2-6,14H,7H2,1H3. The molecule has 0 saturated heterocycles. The Morgan fingerprint density at radius 2 is 2.00 bits per heavy atom. The van der Waals surface area contributed by atoms with Crippen LogP contribution in [0.3, 0.4) is 0 Å². The van der Waals surface area contributed by atoms with Crippen LogP contribution in [0.1, 0.15) is 9.88 Å². The summed E-state index contributed by atoms with van der Waals surface area (Å²) in [6, 6.07) is 6.05. The molecule has 0 radical (unpaired) electrons. The van der Waals surface area contributed by atoms with E-state index < -0.39 is 10.0 Å². The maximum Gasteiger partial charge on any atom is 0.240 e. The van der Waals surface area contributed by atoms with Crippen LogP contribution in [0.25, 0.3) is 0 Å². The molecule has 0 aliphatic heterocycles. The van der Waals surface area contributed by atoms with Gasteiger partial charge in [-0.1, -0.05) is 11.6 Å². The molecule has 7 heteroatoms. The van der Waals surface area contributed by atoms with Crippen LogP contribution in [0.2, 0.25) is 5.02 Å². The van der Waals surface area contributed by atoms with Crippen molar-refractivity contribution >= 4 is 33.0 Å². The number of thiazole rings is 1. The third-order valence-electron chi connectivity index (χ3n) is 2.23. The van der Waals surface area contributed by atoms with Gasteiger partial charge in [-0.25, -0.2) is 18.1 Å². The van der Waals surface area contributed by atoms with Crippen molar-refractivity contribution in [3.63, 3.8) is 0 Å². The highest BCUT2D eigenvalue weighted by molar-refractivity contribution is 7.89. The number of aromatic nitrogens is 1. The summed E-state index contributed by atoms with van der Waals surface area (Å²) in [4.78, 5) is 5.15. The first-order valence-electron chi connectivity index (χ1n) is 5.14. The van der Waals surface area contributed by atoms with E-state index >= 15 is 0 Å². The molecule has 0 aliphatic rings. The van der Waals surface area contributed by atoms with Crippen LogP contribution in [-0.2, 0) is 16.6 Å². The summed E-state index contributed by atoms with van der Waals surface area (Å²) >= 11 is 7.18. The lowest BCUT2D eigenvalue weighted by Crippen LogP contribution is -2.22. The molecule has 18 heavy (non-hydrogen) atoms. The Kier molecular flexibility index (Phi) is 4.01. The van der Waals surface area contributed by atoms with Gasteiger partial charge in [0.1, 0.15) is 0 Å². The van der Waals surface area contributed by atoms with Gasteiger partial charge in [0, 0.05) is 22.6 Å². The summed E-state index contributed by atoms with van der Waals surface area (Å²) in [6.07, 6.45) is 1.67. The third-order valence-corrected chi connectivity index (χ3v) is 4.81. The SMILES string of the molecule is Cc1ncc(CNS(=O)(=O)c2ccc(Cl)cc2)s1. The molecule has 4 nitrogen and oxygen atoms in total. The smallest absolute Gasteiger partial charge is 0.240 e. The molecule has 0 saturated carbocycles. The minimum absolute atomic E-state index is 0.202. The zero-order valence-electron chi connectivity index (χ0n) is 9.55. The zero-order valence-corrected chi connectivity index (χ0v) is 11.9. The summed E-state index contributed by atoms with van der Waals surface area (Å²) in [5.41, 5.74) is 0. The van der Waals surface area contributed by atoms with Crippen molar-refractivity contribution in [1.82, 2.24) is 9.71 Å². The van der Waals surface area contributed by atoms with E-state index in [-0.39, 0.29) is 11.4 Å². The Hall–Kier alpha value is -0.950. The van der Waals surface area contributed by atoms with Gasteiger partial charge in [-0.2, -0.15) is 0 Å². The summed E-state index contributed by atoms with van der Waals surface area (Å²) in [6.45, 7) is 2.12. The van der Waals surface area contributed by atoms with Crippen LogP contribution in [0.5, 0.6) is 0 Å². The summed E-state index contributed by atoms with van der Waals surface area (Å²) < 4.78 is 26.4. The van der Waals surface area contributed by atoms with E-state index in [0.717, 1.165) is 9.88 Å². The minimum Gasteiger partial charge on any atom is -0.250 e. The molecule has 0 aliphatic carbocycles. The van der Waals surface area contributed by atoms with Gasteiger partial charge in [0.15, 0.2) is 0 Å². The second kappa shape index (κ2) is 5.36. The summed E-state index contributed by atoms with van der Waals surface area (Å²) in [5, 5.41) is 1.42. The van der Waals surface area contributed by atoms with Crippen LogP contribution in [0, 0.1) is 6.92 Å². The molecular weight excluding hydrogens is 292 g/mol. The number of halogens is 1. The second-order valence-corrected chi connectivity index (χ2v) is 7.15. The largest absolute Gasteiger partial charge is 0.250 e. The average Bonchev–Trinajstić information content (AvgIpc) is 2.73. The van der Waals surface area contributed by atoms with E-state index in [1.54, 1.807) is 18.3 Å². The number of aryl methyl sites for hydroxylation is 1. The number of hydrogen-bond acceptors (Lipinski definition) is 4. The third kappa shape index (κ3) is 3.29. The molecule has 0 fully saturated rings. The van der Waals surface area contributed by atoms with E-state index in [1.165, 1.54) is 23.5 Å². The fourth-order valence-corrected chi connectivity index (χ4v) is 3.31. The first kappa shape index (κ1) is 13.5. The van der Waals surface area contributed by atoms with Crippen LogP contribution < -0.4 is 4.72 Å². The molecule has 96 valence electrons. The van der Waals surface area contributed by atoms with Gasteiger partial charge in [-0.3, -0.25) is 0 Å². The van der Waals surface area contributed by atoms with Gasteiger partial charge in [0.2, 0.25) is 10.0 Å². The molecule has 0 spiro atoms. The number of sulfonamides is 1. The fraction of sp³-hybridized carbons (Fsp3) is 0.182. The number of benzene rings is 1. The first-order valence-corrected chi connectivity index (χ1v) is 7.82. The van der Waals surface area contributed by atoms with E-state index in [0.29, 0.717) is 5.02 Å². The Morgan fingerprint density at radius 3 is 2.56 bits per heavy atom. The topological polar surface area (TPSA) is 59.1 Å². The lowest BCUT2D eigenvalue weighted by Gasteiger charge is -2.05. The van der Waals surface area contributed by atoms with E-state index in [4.69, 9.17) is 11.6 Å². The molecule has 2 aromatic rings. The molecule has 0 amide bonds. The monoisotopic (exact) mass is 302 g/mol. The molecule has 1 aromatic carbocycles. The molecule has 2 rings (SSSR count). The molecule has 1 N–H and O–H groups in total. The lowest BCUT2D eigenvalue weighted by molar-refractivity contribution is 0.582. The zero-order chi connectivity index (χ0) is 13.2. The van der Waals surface area contributed by atoms with Crippen LogP contribution in [0.15, 0.2) is 35.4 Å². The maximum atomic E-state index is 12.0. The highest BCUT2D eigenvalue weighted by Gasteiger charge is 2.13. The first-order chi connectivity index (χ1) is 8.47. The summed E-state index contributed by atoms with van der Waals surface area (Å²) in [5.74, 6) is 0. The molecule has 0 bridgehead atoms. The van der Waals surface area contributed by atoms with Crippen molar-refractivity contribution in [2.75, 3.05) is 0 Å². The van der Waals surface area contributed by atoms with Crippen LogP contribution in [-0.4, -0.2) is 13.4 Å². The van der Waals surface area contributed by atoms with Crippen molar-refractivity contribution in [2.45, 2.75) is 18.4 Å². The average molecular weight is 303 g/mol. The highest BCUT2D eigenvalue weighted by Crippen LogP contribution is 2.15. The predicted molar refractivity (Wildman–Crippen MR) is 72.3 cm³/mol. The van der Waals surface area contributed by atoms with Gasteiger partial charge >= 0.3 is 0 Å². The van der Waals surface area contributed by atoms with E-state index in [9.17, 15) is 8.42 Å². The Bertz CT molecular complexity index is 635. The minimum atomic E-state index is -3.50. The highest BCUT2D eigenvalue weighted by atomic mass is 35.5. The van der Waals surface area contributed by atoms with Gasteiger partial charge < -0.3 is 0 Å². The van der Waals surface area contributed by atoms with Gasteiger partial charge in [-0.15, -0.1) is 11.3 Å². The van der Waals surface area contributed by atoms with Gasteiger partial charge in [0.05, 0.1) is 9.90 Å². The van der Waals surface area contributed by atoms with Crippen molar-refractivity contribution in [2.24, 2.45) is 0 Å². The normalized spacial score (nSPS) is 11.7. The fourth-order valence-electron chi connectivity index (χ4n) is 1.35. The van der Waals surface area contributed by atoms with Crippen LogP contribution >= 0.6 is 22.9 Å². The molecule has 1 aromatic heterocycles. The lowest BCUT2D eigenvalue weighted by atomic mass is 10.4. The number of nitrogens with zero attached hydrogens (tertiary/aromatic N) is 1. The Morgan fingerprint density at radius 1 is 1.33 bits per heavy atom. The molecule has 1 heterocycles. The predicted octanol–water partition coefficient (Wildman–Crippen LogP) is 2.58. The quantitative estimate of drug-likeness (QED) is 0.944. The molecule has 0 atom stereocenters. The van der Waals surface area contributed by atoms with Crippen molar-refractivity contribution < 1.29 is 8.42 Å². The number of nitrogens with one attached hydrogen (secondary N) is 1. The number of hydrogen-bond donors (Lipinski definition) is 1. The number of rotatable bonds is 4. The second-order valence-electron chi connectivity index (χ2n) is 3.62. The molecular formula is C11H11ClN2O2S2. The van der Waals surface area contributed by atoms with Crippen molar-refractivity contribution in [3.05, 3.63) is 45.4 Å². The van der Waals surface area contributed by atoms with Crippen LogP contribution in [0.4, 0.5) is 0 Å².